The fourth-order valence-electron chi connectivity index (χ4n) is 2.60. The van der Waals surface area contributed by atoms with Crippen molar-refractivity contribution in [2.24, 2.45) is 0 Å². The first-order valence-electron chi connectivity index (χ1n) is 8.63. The Kier molecular flexibility index (Phi) is 5.33. The van der Waals surface area contributed by atoms with Crippen LogP contribution in [-0.4, -0.2) is 15.7 Å². The summed E-state index contributed by atoms with van der Waals surface area (Å²) in [6.45, 7) is 6.47. The highest BCUT2D eigenvalue weighted by atomic mass is 35.5. The molecule has 0 aliphatic carbocycles. The van der Waals surface area contributed by atoms with Crippen molar-refractivity contribution in [1.82, 2.24) is 9.78 Å². The van der Waals surface area contributed by atoms with Gasteiger partial charge in [0, 0.05) is 5.41 Å². The van der Waals surface area contributed by atoms with Gasteiger partial charge in [-0.1, -0.05) is 56.6 Å². The number of nitrogens with one attached hydrogen (secondary N) is 1. The molecule has 1 amide bonds. The maximum absolute atomic E-state index is 13.2. The molecule has 1 aromatic heterocycles. The lowest BCUT2D eigenvalue weighted by atomic mass is 9.92. The van der Waals surface area contributed by atoms with Gasteiger partial charge < -0.3 is 5.32 Å². The van der Waals surface area contributed by atoms with Crippen LogP contribution >= 0.6 is 11.6 Å². The summed E-state index contributed by atoms with van der Waals surface area (Å²) in [4.78, 5) is 12.9. The van der Waals surface area contributed by atoms with E-state index in [1.165, 1.54) is 12.1 Å². The zero-order chi connectivity index (χ0) is 19.6. The average molecular weight is 386 g/mol. The Morgan fingerprint density at radius 1 is 1.15 bits per heavy atom. The van der Waals surface area contributed by atoms with Crippen LogP contribution in [0.15, 0.2) is 54.6 Å². The third-order valence-electron chi connectivity index (χ3n) is 4.15. The van der Waals surface area contributed by atoms with Crippen LogP contribution in [0.4, 0.5) is 10.1 Å². The topological polar surface area (TPSA) is 46.9 Å². The van der Waals surface area contributed by atoms with E-state index in [2.05, 4.69) is 10.4 Å². The van der Waals surface area contributed by atoms with Crippen molar-refractivity contribution in [3.8, 4) is 0 Å². The Morgan fingerprint density at radius 2 is 1.81 bits per heavy atom. The highest BCUT2D eigenvalue weighted by Gasteiger charge is 2.23. The van der Waals surface area contributed by atoms with Gasteiger partial charge in [-0.25, -0.2) is 4.39 Å². The lowest BCUT2D eigenvalue weighted by Gasteiger charge is -2.14. The maximum atomic E-state index is 13.2. The summed E-state index contributed by atoms with van der Waals surface area (Å²) in [6, 6.07) is 15.0. The fourth-order valence-corrected chi connectivity index (χ4v) is 2.78. The van der Waals surface area contributed by atoms with E-state index in [-0.39, 0.29) is 17.1 Å². The Balaban J connectivity index is 1.94. The number of nitrogens with zero attached hydrogens (tertiary/aromatic N) is 2. The SMILES string of the molecule is CC(C)(C)c1cc(C(=O)Nc2ccccc2Cl)n(Cc2ccc(F)cc2)n1. The molecule has 0 aliphatic heterocycles. The van der Waals surface area contributed by atoms with E-state index in [1.54, 1.807) is 47.1 Å². The molecule has 0 atom stereocenters. The lowest BCUT2D eigenvalue weighted by Crippen LogP contribution is -2.18. The first-order chi connectivity index (χ1) is 12.7. The van der Waals surface area contributed by atoms with E-state index in [9.17, 15) is 9.18 Å². The maximum Gasteiger partial charge on any atom is 0.273 e. The highest BCUT2D eigenvalue weighted by Crippen LogP contribution is 2.25. The molecule has 4 nitrogen and oxygen atoms in total. The standard InChI is InChI=1S/C21H21ClFN3O/c1-21(2,3)19-12-18(20(27)24-17-7-5-4-6-16(17)22)26(25-19)13-14-8-10-15(23)11-9-14/h4-12H,13H2,1-3H3,(H,24,27). The second kappa shape index (κ2) is 7.53. The van der Waals surface area contributed by atoms with Gasteiger partial charge in [0.05, 0.1) is 22.9 Å². The molecule has 0 fully saturated rings. The summed E-state index contributed by atoms with van der Waals surface area (Å²) in [5.74, 6) is -0.598. The molecule has 0 bridgehead atoms. The van der Waals surface area contributed by atoms with Gasteiger partial charge in [0.1, 0.15) is 11.5 Å². The van der Waals surface area contributed by atoms with Gasteiger partial charge in [-0.3, -0.25) is 9.48 Å². The predicted octanol–water partition coefficient (Wildman–Crippen LogP) is 5.27. The number of aromatic nitrogens is 2. The summed E-state index contributed by atoms with van der Waals surface area (Å²) in [5.41, 5.74) is 2.40. The third-order valence-corrected chi connectivity index (χ3v) is 4.48. The molecular formula is C21H21ClFN3O. The smallest absolute Gasteiger partial charge is 0.273 e. The van der Waals surface area contributed by atoms with Crippen molar-refractivity contribution in [2.75, 3.05) is 5.32 Å². The lowest BCUT2D eigenvalue weighted by molar-refractivity contribution is 0.101. The van der Waals surface area contributed by atoms with Crippen molar-refractivity contribution >= 4 is 23.2 Å². The average Bonchev–Trinajstić information content (AvgIpc) is 3.03. The Bertz CT molecular complexity index is 958. The number of carbonyl (C=O) groups is 1. The van der Waals surface area contributed by atoms with E-state index in [0.717, 1.165) is 11.3 Å². The minimum absolute atomic E-state index is 0.215. The highest BCUT2D eigenvalue weighted by molar-refractivity contribution is 6.33. The minimum Gasteiger partial charge on any atom is -0.319 e. The monoisotopic (exact) mass is 385 g/mol. The second-order valence-electron chi connectivity index (χ2n) is 7.38. The molecule has 0 aliphatic rings. The molecule has 2 aromatic carbocycles. The number of hydrogen-bond donors (Lipinski definition) is 1. The van der Waals surface area contributed by atoms with Crippen molar-refractivity contribution in [1.29, 1.82) is 0 Å². The Labute approximate surface area is 163 Å². The van der Waals surface area contributed by atoms with E-state index in [0.29, 0.717) is 22.9 Å². The van der Waals surface area contributed by atoms with Gasteiger partial charge >= 0.3 is 0 Å². The van der Waals surface area contributed by atoms with Gasteiger partial charge in [-0.2, -0.15) is 5.10 Å². The molecule has 3 aromatic rings. The quantitative estimate of drug-likeness (QED) is 0.664. The number of anilines is 1. The second-order valence-corrected chi connectivity index (χ2v) is 7.79. The van der Waals surface area contributed by atoms with Crippen molar-refractivity contribution in [2.45, 2.75) is 32.7 Å². The molecule has 27 heavy (non-hydrogen) atoms. The van der Waals surface area contributed by atoms with Crippen LogP contribution in [0, 0.1) is 5.82 Å². The minimum atomic E-state index is -0.300. The number of halogens is 2. The number of rotatable bonds is 4. The molecule has 1 N–H and O–H groups in total. The molecular weight excluding hydrogens is 365 g/mol. The largest absolute Gasteiger partial charge is 0.319 e. The zero-order valence-corrected chi connectivity index (χ0v) is 16.2. The number of carbonyl (C=O) groups excluding carboxylic acids is 1. The summed E-state index contributed by atoms with van der Waals surface area (Å²) in [5, 5.41) is 7.91. The molecule has 1 heterocycles. The predicted molar refractivity (Wildman–Crippen MR) is 106 cm³/mol. The number of amides is 1. The number of para-hydroxylation sites is 1. The molecule has 0 unspecified atom stereocenters. The van der Waals surface area contributed by atoms with Gasteiger partial charge in [0.15, 0.2) is 0 Å². The molecule has 0 saturated heterocycles. The molecule has 0 radical (unpaired) electrons. The fraction of sp³-hybridized carbons (Fsp3) is 0.238. The summed E-state index contributed by atoms with van der Waals surface area (Å²) in [6.07, 6.45) is 0. The van der Waals surface area contributed by atoms with E-state index in [1.807, 2.05) is 20.8 Å². The van der Waals surface area contributed by atoms with Crippen molar-refractivity contribution < 1.29 is 9.18 Å². The van der Waals surface area contributed by atoms with Crippen molar-refractivity contribution in [3.05, 3.63) is 82.4 Å². The van der Waals surface area contributed by atoms with Crippen LogP contribution in [0.2, 0.25) is 5.02 Å². The van der Waals surface area contributed by atoms with Crippen LogP contribution in [0.3, 0.4) is 0 Å². The first-order valence-corrected chi connectivity index (χ1v) is 9.00. The molecule has 0 saturated carbocycles. The molecule has 140 valence electrons. The number of benzene rings is 2. The van der Waals surface area contributed by atoms with Gasteiger partial charge in [-0.15, -0.1) is 0 Å². The van der Waals surface area contributed by atoms with Crippen LogP contribution < -0.4 is 5.32 Å². The Hall–Kier alpha value is -2.66. The zero-order valence-electron chi connectivity index (χ0n) is 15.5. The molecule has 0 spiro atoms. The van der Waals surface area contributed by atoms with E-state index >= 15 is 0 Å². The van der Waals surface area contributed by atoms with E-state index in [4.69, 9.17) is 11.6 Å². The third kappa shape index (κ3) is 4.55. The normalized spacial score (nSPS) is 11.4. The summed E-state index contributed by atoms with van der Waals surface area (Å²) in [7, 11) is 0. The summed E-state index contributed by atoms with van der Waals surface area (Å²) < 4.78 is 14.8. The van der Waals surface area contributed by atoms with Gasteiger partial charge in [-0.05, 0) is 35.9 Å². The van der Waals surface area contributed by atoms with Crippen LogP contribution in [-0.2, 0) is 12.0 Å². The number of hydrogen-bond acceptors (Lipinski definition) is 2. The van der Waals surface area contributed by atoms with Gasteiger partial charge in [0.2, 0.25) is 0 Å². The molecule has 3 rings (SSSR count). The van der Waals surface area contributed by atoms with Gasteiger partial charge in [0.25, 0.3) is 5.91 Å². The van der Waals surface area contributed by atoms with Crippen LogP contribution in [0.1, 0.15) is 42.5 Å². The first kappa shape index (κ1) is 19.1. The summed E-state index contributed by atoms with van der Waals surface area (Å²) >= 11 is 6.15. The van der Waals surface area contributed by atoms with Crippen LogP contribution in [0.5, 0.6) is 0 Å². The molecule has 6 heteroatoms. The van der Waals surface area contributed by atoms with Crippen LogP contribution in [0.25, 0.3) is 0 Å². The Morgan fingerprint density at radius 3 is 2.44 bits per heavy atom. The van der Waals surface area contributed by atoms with Crippen molar-refractivity contribution in [3.63, 3.8) is 0 Å². The van der Waals surface area contributed by atoms with E-state index < -0.39 is 0 Å².